The van der Waals surface area contributed by atoms with Crippen molar-refractivity contribution in [2.24, 2.45) is 5.41 Å². The van der Waals surface area contributed by atoms with Crippen molar-refractivity contribution >= 4 is 22.8 Å². The minimum atomic E-state index is -0.541. The van der Waals surface area contributed by atoms with Crippen LogP contribution in [0.1, 0.15) is 19.8 Å². The first kappa shape index (κ1) is 15.7. The fourth-order valence-electron chi connectivity index (χ4n) is 3.00. The molecule has 2 N–H and O–H groups in total. The largest absolute Gasteiger partial charge is 0.380 e. The number of anilines is 1. The maximum absolute atomic E-state index is 12.5. The van der Waals surface area contributed by atoms with E-state index in [1.807, 2.05) is 43.3 Å². The molecule has 1 aliphatic rings. The van der Waals surface area contributed by atoms with Crippen molar-refractivity contribution in [1.82, 2.24) is 20.2 Å². The van der Waals surface area contributed by atoms with Gasteiger partial charge in [0.15, 0.2) is 5.82 Å². The van der Waals surface area contributed by atoms with Crippen LogP contribution in [0.3, 0.4) is 0 Å². The number of ether oxygens (including phenoxy) is 1. The number of rotatable bonds is 3. The lowest BCUT2D eigenvalue weighted by molar-refractivity contribution is -0.131. The fraction of sp³-hybridized carbons (Fsp3) is 0.333. The number of aromatic nitrogens is 4. The van der Waals surface area contributed by atoms with Gasteiger partial charge in [0.2, 0.25) is 11.9 Å². The molecular weight excluding hydrogens is 318 g/mol. The van der Waals surface area contributed by atoms with Gasteiger partial charge in [0, 0.05) is 12.0 Å². The molecule has 0 aliphatic carbocycles. The van der Waals surface area contributed by atoms with Crippen LogP contribution in [0.4, 0.5) is 5.95 Å². The highest BCUT2D eigenvalue weighted by molar-refractivity contribution is 5.94. The van der Waals surface area contributed by atoms with E-state index in [2.05, 4.69) is 25.5 Å². The van der Waals surface area contributed by atoms with E-state index in [1.165, 1.54) is 0 Å². The van der Waals surface area contributed by atoms with Gasteiger partial charge in [-0.15, -0.1) is 5.10 Å². The summed E-state index contributed by atoms with van der Waals surface area (Å²) >= 11 is 0. The lowest BCUT2D eigenvalue weighted by Crippen LogP contribution is -2.40. The summed E-state index contributed by atoms with van der Waals surface area (Å²) in [5, 5.41) is 10.8. The number of para-hydroxylation sites is 1. The quantitative estimate of drug-likeness (QED) is 0.766. The maximum Gasteiger partial charge on any atom is 0.249 e. The van der Waals surface area contributed by atoms with Crippen LogP contribution in [0.15, 0.2) is 36.4 Å². The predicted octanol–water partition coefficient (Wildman–Crippen LogP) is 2.78. The summed E-state index contributed by atoms with van der Waals surface area (Å²) in [5.41, 5.74) is 1.02. The van der Waals surface area contributed by atoms with Crippen LogP contribution in [-0.4, -0.2) is 39.3 Å². The van der Waals surface area contributed by atoms with Crippen molar-refractivity contribution in [2.45, 2.75) is 19.8 Å². The van der Waals surface area contributed by atoms with Gasteiger partial charge in [-0.1, -0.05) is 24.3 Å². The van der Waals surface area contributed by atoms with E-state index in [-0.39, 0.29) is 11.9 Å². The number of amides is 1. The molecule has 0 spiro atoms. The number of H-pyrrole nitrogens is 1. The van der Waals surface area contributed by atoms with Crippen LogP contribution < -0.4 is 5.32 Å². The summed E-state index contributed by atoms with van der Waals surface area (Å²) < 4.78 is 5.44. The van der Waals surface area contributed by atoms with Crippen LogP contribution >= 0.6 is 0 Å². The third-order valence-corrected chi connectivity index (χ3v) is 4.54. The van der Waals surface area contributed by atoms with Gasteiger partial charge in [-0.2, -0.15) is 4.98 Å². The zero-order valence-corrected chi connectivity index (χ0v) is 14.0. The van der Waals surface area contributed by atoms with Gasteiger partial charge in [-0.25, -0.2) is 4.98 Å². The average molecular weight is 337 g/mol. The molecule has 1 aromatic carbocycles. The molecule has 0 radical (unpaired) electrons. The molecule has 128 valence electrons. The van der Waals surface area contributed by atoms with E-state index in [4.69, 9.17) is 4.74 Å². The first-order valence-corrected chi connectivity index (χ1v) is 8.32. The molecule has 7 nitrogen and oxygen atoms in total. The second-order valence-corrected chi connectivity index (χ2v) is 6.57. The molecule has 1 amide bonds. The lowest BCUT2D eigenvalue weighted by Gasteiger charge is -2.31. The summed E-state index contributed by atoms with van der Waals surface area (Å²) in [5.74, 6) is 0.650. The molecule has 1 saturated heterocycles. The van der Waals surface area contributed by atoms with Crippen LogP contribution in [0.5, 0.6) is 0 Å². The van der Waals surface area contributed by atoms with Crippen molar-refractivity contribution in [3.8, 4) is 11.5 Å². The summed E-state index contributed by atoms with van der Waals surface area (Å²) in [4.78, 5) is 21.4. The molecule has 1 unspecified atom stereocenters. The van der Waals surface area contributed by atoms with Crippen LogP contribution in [0.25, 0.3) is 22.4 Å². The normalized spacial score (nSPS) is 20.5. The second kappa shape index (κ2) is 6.25. The first-order chi connectivity index (χ1) is 12.1. The number of nitrogens with one attached hydrogen (secondary N) is 2. The van der Waals surface area contributed by atoms with Gasteiger partial charge >= 0.3 is 0 Å². The van der Waals surface area contributed by atoms with Crippen molar-refractivity contribution < 1.29 is 9.53 Å². The fourth-order valence-corrected chi connectivity index (χ4v) is 3.00. The number of carbonyl (C=O) groups excluding carboxylic acids is 1. The molecule has 3 heterocycles. The Bertz CT molecular complexity index is 914. The van der Waals surface area contributed by atoms with Crippen LogP contribution in [0, 0.1) is 5.41 Å². The Balaban J connectivity index is 1.54. The van der Waals surface area contributed by atoms with Crippen molar-refractivity contribution in [3.63, 3.8) is 0 Å². The smallest absolute Gasteiger partial charge is 0.249 e. The summed E-state index contributed by atoms with van der Waals surface area (Å²) in [6.45, 7) is 3.03. The van der Waals surface area contributed by atoms with Gasteiger partial charge in [0.25, 0.3) is 0 Å². The standard InChI is InChI=1S/C18H19N5O2/c1-18(9-4-10-25-11-18)16(24)21-17-20-15(22-23-17)14-8-7-12-5-2-3-6-13(12)19-14/h2-3,5-8H,4,9-11H2,1H3,(H2,20,21,22,23,24). The van der Waals surface area contributed by atoms with E-state index in [9.17, 15) is 4.79 Å². The first-order valence-electron chi connectivity index (χ1n) is 8.32. The lowest BCUT2D eigenvalue weighted by atomic mass is 9.84. The van der Waals surface area contributed by atoms with E-state index in [0.29, 0.717) is 24.7 Å². The van der Waals surface area contributed by atoms with Gasteiger partial charge in [0.1, 0.15) is 5.69 Å². The minimum absolute atomic E-state index is 0.121. The zero-order chi connectivity index (χ0) is 17.3. The van der Waals surface area contributed by atoms with Gasteiger partial charge in [-0.05, 0) is 31.9 Å². The summed E-state index contributed by atoms with van der Waals surface area (Å²) in [6, 6.07) is 11.7. The van der Waals surface area contributed by atoms with Crippen LogP contribution in [-0.2, 0) is 9.53 Å². The van der Waals surface area contributed by atoms with Gasteiger partial charge < -0.3 is 4.74 Å². The number of benzene rings is 1. The topological polar surface area (TPSA) is 92.8 Å². The van der Waals surface area contributed by atoms with Crippen molar-refractivity contribution in [2.75, 3.05) is 18.5 Å². The molecular formula is C18H19N5O2. The molecule has 0 saturated carbocycles. The summed E-state index contributed by atoms with van der Waals surface area (Å²) in [6.07, 6.45) is 1.67. The Hall–Kier alpha value is -2.80. The molecule has 0 bridgehead atoms. The zero-order valence-electron chi connectivity index (χ0n) is 14.0. The van der Waals surface area contributed by atoms with E-state index in [1.54, 1.807) is 0 Å². The Morgan fingerprint density at radius 3 is 2.96 bits per heavy atom. The Morgan fingerprint density at radius 1 is 1.24 bits per heavy atom. The average Bonchev–Trinajstić information content (AvgIpc) is 3.10. The van der Waals surface area contributed by atoms with Crippen molar-refractivity contribution in [1.29, 1.82) is 0 Å². The molecule has 1 aliphatic heterocycles. The van der Waals surface area contributed by atoms with Crippen molar-refractivity contribution in [3.05, 3.63) is 36.4 Å². The van der Waals surface area contributed by atoms with E-state index >= 15 is 0 Å². The van der Waals surface area contributed by atoms with E-state index in [0.717, 1.165) is 23.7 Å². The van der Waals surface area contributed by atoms with E-state index < -0.39 is 5.41 Å². The highest BCUT2D eigenvalue weighted by Crippen LogP contribution is 2.29. The highest BCUT2D eigenvalue weighted by Gasteiger charge is 2.36. The van der Waals surface area contributed by atoms with Gasteiger partial charge in [-0.3, -0.25) is 15.2 Å². The number of hydrogen-bond donors (Lipinski definition) is 2. The number of fused-ring (bicyclic) bond motifs is 1. The highest BCUT2D eigenvalue weighted by atomic mass is 16.5. The molecule has 4 rings (SSSR count). The number of hydrogen-bond acceptors (Lipinski definition) is 5. The molecule has 25 heavy (non-hydrogen) atoms. The number of nitrogens with zero attached hydrogens (tertiary/aromatic N) is 3. The molecule has 1 atom stereocenters. The minimum Gasteiger partial charge on any atom is -0.380 e. The van der Waals surface area contributed by atoms with Crippen LogP contribution in [0.2, 0.25) is 0 Å². The molecule has 7 heteroatoms. The Labute approximate surface area is 144 Å². The monoisotopic (exact) mass is 337 g/mol. The maximum atomic E-state index is 12.5. The SMILES string of the molecule is CC1(C(=O)Nc2n[nH]c(-c3ccc4ccccc4n3)n2)CCCOC1. The number of pyridine rings is 1. The molecule has 3 aromatic rings. The molecule has 2 aromatic heterocycles. The van der Waals surface area contributed by atoms with Gasteiger partial charge in [0.05, 0.1) is 17.5 Å². The molecule has 1 fully saturated rings. The summed E-state index contributed by atoms with van der Waals surface area (Å²) in [7, 11) is 0. The third-order valence-electron chi connectivity index (χ3n) is 4.54. The Kier molecular flexibility index (Phi) is 3.93. The third kappa shape index (κ3) is 3.10. The number of carbonyl (C=O) groups is 1. The Morgan fingerprint density at radius 2 is 2.12 bits per heavy atom. The predicted molar refractivity (Wildman–Crippen MR) is 93.9 cm³/mol. The number of aromatic amines is 1. The second-order valence-electron chi connectivity index (χ2n) is 6.57.